The van der Waals surface area contributed by atoms with E-state index in [1.165, 1.54) is 4.90 Å². The molecule has 124 valence electrons. The minimum atomic E-state index is -0.201. The van der Waals surface area contributed by atoms with Gasteiger partial charge in [-0.25, -0.2) is 0 Å². The van der Waals surface area contributed by atoms with Crippen molar-refractivity contribution in [3.63, 3.8) is 0 Å². The van der Waals surface area contributed by atoms with E-state index in [1.807, 2.05) is 6.92 Å². The second-order valence-electron chi connectivity index (χ2n) is 5.53. The number of hydrogen-bond acceptors (Lipinski definition) is 4. The highest BCUT2D eigenvalue weighted by Gasteiger charge is 2.34. The molecule has 0 bridgehead atoms. The molecule has 1 fully saturated rings. The zero-order chi connectivity index (χ0) is 16.5. The molecule has 1 saturated heterocycles. The fourth-order valence-electron chi connectivity index (χ4n) is 2.34. The van der Waals surface area contributed by atoms with Crippen molar-refractivity contribution in [3.8, 4) is 0 Å². The largest absolute Gasteiger partial charge is 0.355 e. The predicted octanol–water partition coefficient (Wildman–Crippen LogP) is 0.194. The lowest BCUT2D eigenvalue weighted by molar-refractivity contribution is -0.139. The fourth-order valence-corrected chi connectivity index (χ4v) is 2.34. The van der Waals surface area contributed by atoms with Gasteiger partial charge in [-0.05, 0) is 19.8 Å². The molecule has 0 aromatic heterocycles. The maximum absolute atomic E-state index is 11.7. The first kappa shape index (κ1) is 18.1. The summed E-state index contributed by atoms with van der Waals surface area (Å²) >= 11 is 0. The molecule has 0 spiro atoms. The molecule has 0 aromatic carbocycles. The standard InChI is InChI=1S/C15H25N3O4/c1-3-16-13(20)10-17-12(19)7-5-4-6-8-18-14(21)9-11(2)15(18)22/h11H,3-10H2,1-2H3,(H,16,20)(H,17,19). The third-order valence-electron chi connectivity index (χ3n) is 3.58. The van der Waals surface area contributed by atoms with Crippen molar-refractivity contribution < 1.29 is 19.2 Å². The number of likely N-dealkylation sites (N-methyl/N-ethyl adjacent to an activating group) is 1. The Morgan fingerprint density at radius 2 is 1.86 bits per heavy atom. The van der Waals surface area contributed by atoms with Gasteiger partial charge < -0.3 is 10.6 Å². The first-order valence-electron chi connectivity index (χ1n) is 7.83. The summed E-state index contributed by atoms with van der Waals surface area (Å²) in [7, 11) is 0. The molecule has 1 rings (SSSR count). The number of unbranched alkanes of at least 4 members (excludes halogenated alkanes) is 2. The molecule has 0 aromatic rings. The van der Waals surface area contributed by atoms with Gasteiger partial charge in [0, 0.05) is 31.8 Å². The number of nitrogens with one attached hydrogen (secondary N) is 2. The molecule has 7 heteroatoms. The number of nitrogens with zero attached hydrogens (tertiary/aromatic N) is 1. The molecule has 22 heavy (non-hydrogen) atoms. The van der Waals surface area contributed by atoms with E-state index in [0.717, 1.165) is 6.42 Å². The number of carbonyl (C=O) groups is 4. The Kier molecular flexibility index (Phi) is 7.56. The molecule has 0 aliphatic carbocycles. The van der Waals surface area contributed by atoms with Gasteiger partial charge in [-0.3, -0.25) is 24.1 Å². The summed E-state index contributed by atoms with van der Waals surface area (Å²) in [5, 5.41) is 5.15. The molecule has 1 heterocycles. The lowest BCUT2D eigenvalue weighted by Crippen LogP contribution is -2.36. The van der Waals surface area contributed by atoms with Crippen LogP contribution in [0, 0.1) is 5.92 Å². The van der Waals surface area contributed by atoms with Gasteiger partial charge in [0.1, 0.15) is 0 Å². The second-order valence-corrected chi connectivity index (χ2v) is 5.53. The average Bonchev–Trinajstić information content (AvgIpc) is 2.71. The van der Waals surface area contributed by atoms with Crippen LogP contribution in [0.4, 0.5) is 0 Å². The van der Waals surface area contributed by atoms with Crippen molar-refractivity contribution in [2.75, 3.05) is 19.6 Å². The van der Waals surface area contributed by atoms with Crippen LogP contribution in [0.1, 0.15) is 46.0 Å². The van der Waals surface area contributed by atoms with Crippen LogP contribution in [0.3, 0.4) is 0 Å². The van der Waals surface area contributed by atoms with E-state index in [1.54, 1.807) is 6.92 Å². The number of likely N-dealkylation sites (tertiary alicyclic amines) is 1. The third-order valence-corrected chi connectivity index (χ3v) is 3.58. The van der Waals surface area contributed by atoms with E-state index in [9.17, 15) is 19.2 Å². The van der Waals surface area contributed by atoms with Crippen molar-refractivity contribution in [1.29, 1.82) is 0 Å². The van der Waals surface area contributed by atoms with E-state index >= 15 is 0 Å². The average molecular weight is 311 g/mol. The Hall–Kier alpha value is -1.92. The van der Waals surface area contributed by atoms with Crippen molar-refractivity contribution in [2.24, 2.45) is 5.92 Å². The molecule has 1 atom stereocenters. The lowest BCUT2D eigenvalue weighted by atomic mass is 10.1. The summed E-state index contributed by atoms with van der Waals surface area (Å²) in [6.07, 6.45) is 2.79. The predicted molar refractivity (Wildman–Crippen MR) is 80.7 cm³/mol. The second kappa shape index (κ2) is 9.17. The zero-order valence-electron chi connectivity index (χ0n) is 13.3. The van der Waals surface area contributed by atoms with Gasteiger partial charge in [0.05, 0.1) is 6.54 Å². The van der Waals surface area contributed by atoms with E-state index in [0.29, 0.717) is 38.8 Å². The van der Waals surface area contributed by atoms with Crippen LogP contribution in [0.15, 0.2) is 0 Å². The van der Waals surface area contributed by atoms with Crippen LogP contribution >= 0.6 is 0 Å². The van der Waals surface area contributed by atoms with Crippen LogP contribution in [-0.4, -0.2) is 48.2 Å². The minimum Gasteiger partial charge on any atom is -0.355 e. The van der Waals surface area contributed by atoms with Gasteiger partial charge in [0.2, 0.25) is 23.6 Å². The number of carbonyl (C=O) groups excluding carboxylic acids is 4. The highest BCUT2D eigenvalue weighted by Crippen LogP contribution is 2.19. The monoisotopic (exact) mass is 311 g/mol. The Morgan fingerprint density at radius 3 is 2.45 bits per heavy atom. The molecule has 7 nitrogen and oxygen atoms in total. The minimum absolute atomic E-state index is 0.00133. The molecule has 4 amide bonds. The number of rotatable bonds is 9. The summed E-state index contributed by atoms with van der Waals surface area (Å²) < 4.78 is 0. The van der Waals surface area contributed by atoms with Crippen molar-refractivity contribution >= 4 is 23.6 Å². The molecular formula is C15H25N3O4. The summed E-state index contributed by atoms with van der Waals surface area (Å²) in [4.78, 5) is 47.3. The highest BCUT2D eigenvalue weighted by atomic mass is 16.2. The van der Waals surface area contributed by atoms with Crippen LogP contribution in [0.2, 0.25) is 0 Å². The van der Waals surface area contributed by atoms with E-state index in [-0.39, 0.29) is 36.1 Å². The fraction of sp³-hybridized carbons (Fsp3) is 0.733. The number of imide groups is 1. The van der Waals surface area contributed by atoms with Crippen molar-refractivity contribution in [1.82, 2.24) is 15.5 Å². The van der Waals surface area contributed by atoms with E-state index < -0.39 is 0 Å². The molecule has 1 aliphatic rings. The first-order chi connectivity index (χ1) is 10.5. The van der Waals surface area contributed by atoms with E-state index in [2.05, 4.69) is 10.6 Å². The molecule has 0 saturated carbocycles. The van der Waals surface area contributed by atoms with Crippen LogP contribution in [0.5, 0.6) is 0 Å². The highest BCUT2D eigenvalue weighted by molar-refractivity contribution is 6.03. The Balaban J connectivity index is 2.08. The summed E-state index contributed by atoms with van der Waals surface area (Å²) in [5.74, 6) is -0.751. The third kappa shape index (κ3) is 5.83. The van der Waals surface area contributed by atoms with Gasteiger partial charge in [-0.2, -0.15) is 0 Å². The normalized spacial score (nSPS) is 17.7. The molecular weight excluding hydrogens is 286 g/mol. The van der Waals surface area contributed by atoms with Crippen LogP contribution < -0.4 is 10.6 Å². The Bertz CT molecular complexity index is 437. The Morgan fingerprint density at radius 1 is 1.14 bits per heavy atom. The zero-order valence-corrected chi connectivity index (χ0v) is 13.3. The maximum Gasteiger partial charge on any atom is 0.239 e. The van der Waals surface area contributed by atoms with Crippen molar-refractivity contribution in [2.45, 2.75) is 46.0 Å². The smallest absolute Gasteiger partial charge is 0.239 e. The number of hydrogen-bond donors (Lipinski definition) is 2. The maximum atomic E-state index is 11.7. The van der Waals surface area contributed by atoms with E-state index in [4.69, 9.17) is 0 Å². The summed E-state index contributed by atoms with van der Waals surface area (Å²) in [5.41, 5.74) is 0. The Labute approximate surface area is 130 Å². The van der Waals surface area contributed by atoms with Gasteiger partial charge in [-0.15, -0.1) is 0 Å². The molecule has 2 N–H and O–H groups in total. The SMILES string of the molecule is CCNC(=O)CNC(=O)CCCCCN1C(=O)CC(C)C1=O. The van der Waals surface area contributed by atoms with Crippen LogP contribution in [-0.2, 0) is 19.2 Å². The summed E-state index contributed by atoms with van der Waals surface area (Å²) in [6, 6.07) is 0. The van der Waals surface area contributed by atoms with Gasteiger partial charge in [0.15, 0.2) is 0 Å². The topological polar surface area (TPSA) is 95.6 Å². The molecule has 1 unspecified atom stereocenters. The first-order valence-corrected chi connectivity index (χ1v) is 7.83. The number of amides is 4. The lowest BCUT2D eigenvalue weighted by Gasteiger charge is -2.13. The van der Waals surface area contributed by atoms with Gasteiger partial charge in [-0.1, -0.05) is 13.3 Å². The quantitative estimate of drug-likeness (QED) is 0.469. The van der Waals surface area contributed by atoms with Crippen LogP contribution in [0.25, 0.3) is 0 Å². The van der Waals surface area contributed by atoms with Crippen molar-refractivity contribution in [3.05, 3.63) is 0 Å². The molecule has 1 aliphatic heterocycles. The van der Waals surface area contributed by atoms with Gasteiger partial charge >= 0.3 is 0 Å². The van der Waals surface area contributed by atoms with Gasteiger partial charge in [0.25, 0.3) is 0 Å². The summed E-state index contributed by atoms with van der Waals surface area (Å²) in [6.45, 7) is 4.56. The molecule has 0 radical (unpaired) electrons.